The Kier molecular flexibility index (Phi) is 3.80. The third-order valence-corrected chi connectivity index (χ3v) is 3.53. The van der Waals surface area contributed by atoms with E-state index in [2.05, 4.69) is 32.6 Å². The van der Waals surface area contributed by atoms with Gasteiger partial charge in [-0.05, 0) is 24.2 Å². The second-order valence-electron chi connectivity index (χ2n) is 5.87. The highest BCUT2D eigenvalue weighted by Gasteiger charge is 2.34. The third-order valence-electron chi connectivity index (χ3n) is 3.53. The molecule has 1 saturated carbocycles. The molecule has 0 aromatic rings. The van der Waals surface area contributed by atoms with Crippen molar-refractivity contribution in [1.82, 2.24) is 4.90 Å². The van der Waals surface area contributed by atoms with Crippen LogP contribution in [0.15, 0.2) is 0 Å². The molecule has 0 spiro atoms. The van der Waals surface area contributed by atoms with Crippen molar-refractivity contribution >= 4 is 5.91 Å². The van der Waals surface area contributed by atoms with Gasteiger partial charge in [0.05, 0.1) is 0 Å². The Morgan fingerprint density at radius 1 is 1.40 bits per heavy atom. The van der Waals surface area contributed by atoms with Gasteiger partial charge >= 0.3 is 0 Å². The highest BCUT2D eigenvalue weighted by molar-refractivity contribution is 5.74. The van der Waals surface area contributed by atoms with E-state index in [1.807, 2.05) is 0 Å². The lowest BCUT2D eigenvalue weighted by Crippen LogP contribution is -2.39. The van der Waals surface area contributed by atoms with Gasteiger partial charge < -0.3 is 4.90 Å². The average Bonchev–Trinajstić information content (AvgIpc) is 2.86. The van der Waals surface area contributed by atoms with E-state index in [1.165, 1.54) is 12.8 Å². The second-order valence-corrected chi connectivity index (χ2v) is 5.87. The first-order valence-corrected chi connectivity index (χ1v) is 6.13. The first kappa shape index (κ1) is 12.5. The van der Waals surface area contributed by atoms with Crippen LogP contribution in [-0.4, -0.2) is 23.4 Å². The molecule has 0 aromatic heterocycles. The van der Waals surface area contributed by atoms with Crippen molar-refractivity contribution in [3.05, 3.63) is 0 Å². The minimum atomic E-state index is 0.250. The van der Waals surface area contributed by atoms with Gasteiger partial charge in [-0.25, -0.2) is 0 Å². The van der Waals surface area contributed by atoms with Gasteiger partial charge in [0.15, 0.2) is 0 Å². The van der Waals surface area contributed by atoms with E-state index in [0.29, 0.717) is 17.4 Å². The molecule has 0 heterocycles. The van der Waals surface area contributed by atoms with Gasteiger partial charge in [0.1, 0.15) is 0 Å². The van der Waals surface area contributed by atoms with Crippen molar-refractivity contribution in [1.29, 1.82) is 0 Å². The van der Waals surface area contributed by atoms with Crippen LogP contribution in [0.4, 0.5) is 0 Å². The fourth-order valence-corrected chi connectivity index (χ4v) is 2.17. The first-order chi connectivity index (χ1) is 6.86. The summed E-state index contributed by atoms with van der Waals surface area (Å²) >= 11 is 0. The van der Waals surface area contributed by atoms with Gasteiger partial charge in [-0.3, -0.25) is 4.79 Å². The van der Waals surface area contributed by atoms with Crippen molar-refractivity contribution in [2.24, 2.45) is 11.3 Å². The normalized spacial score (nSPS) is 18.7. The van der Waals surface area contributed by atoms with Gasteiger partial charge in [-0.1, -0.05) is 34.1 Å². The van der Waals surface area contributed by atoms with Crippen molar-refractivity contribution < 1.29 is 4.79 Å². The molecular formula is C13H25NO. The van der Waals surface area contributed by atoms with Crippen molar-refractivity contribution in [2.45, 2.75) is 59.9 Å². The number of nitrogens with zero attached hydrogens (tertiary/aromatic N) is 1. The van der Waals surface area contributed by atoms with Crippen molar-refractivity contribution in [3.8, 4) is 0 Å². The SMILES string of the molecule is CCC(CN(C(C)=O)C1CC1)C(C)(C)C. The molecule has 88 valence electrons. The maximum absolute atomic E-state index is 11.5. The second kappa shape index (κ2) is 4.54. The van der Waals surface area contributed by atoms with Gasteiger partial charge in [-0.15, -0.1) is 0 Å². The minimum absolute atomic E-state index is 0.250. The number of carbonyl (C=O) groups excluding carboxylic acids is 1. The van der Waals surface area contributed by atoms with Crippen LogP contribution >= 0.6 is 0 Å². The summed E-state index contributed by atoms with van der Waals surface area (Å²) < 4.78 is 0. The molecule has 1 atom stereocenters. The Morgan fingerprint density at radius 3 is 2.20 bits per heavy atom. The third kappa shape index (κ3) is 3.51. The van der Waals surface area contributed by atoms with Crippen molar-refractivity contribution in [3.63, 3.8) is 0 Å². The topological polar surface area (TPSA) is 20.3 Å². The maximum Gasteiger partial charge on any atom is 0.219 e. The summed E-state index contributed by atoms with van der Waals surface area (Å²) in [6.45, 7) is 11.7. The van der Waals surface area contributed by atoms with Crippen LogP contribution in [-0.2, 0) is 4.79 Å². The summed E-state index contributed by atoms with van der Waals surface area (Å²) in [5, 5.41) is 0. The molecule has 1 fully saturated rings. The zero-order valence-electron chi connectivity index (χ0n) is 10.8. The molecule has 0 radical (unpaired) electrons. The van der Waals surface area contributed by atoms with Crippen LogP contribution < -0.4 is 0 Å². The molecule has 15 heavy (non-hydrogen) atoms. The Labute approximate surface area is 94.0 Å². The van der Waals surface area contributed by atoms with E-state index in [4.69, 9.17) is 0 Å². The standard InChI is InChI=1S/C13H25NO/c1-6-11(13(3,4)5)9-14(10(2)15)12-7-8-12/h11-12H,6-9H2,1-5H3. The average molecular weight is 211 g/mol. The number of hydrogen-bond acceptors (Lipinski definition) is 1. The van der Waals surface area contributed by atoms with Gasteiger partial charge in [-0.2, -0.15) is 0 Å². The Bertz CT molecular complexity index is 225. The quantitative estimate of drug-likeness (QED) is 0.700. The molecule has 0 aromatic carbocycles. The Hall–Kier alpha value is -0.530. The van der Waals surface area contributed by atoms with Crippen LogP contribution in [0.5, 0.6) is 0 Å². The van der Waals surface area contributed by atoms with Gasteiger partial charge in [0.25, 0.3) is 0 Å². The molecule has 0 bridgehead atoms. The van der Waals surface area contributed by atoms with Gasteiger partial charge in [0.2, 0.25) is 5.91 Å². The number of amides is 1. The van der Waals surface area contributed by atoms with Crippen LogP contribution in [0.3, 0.4) is 0 Å². The highest BCUT2D eigenvalue weighted by atomic mass is 16.2. The smallest absolute Gasteiger partial charge is 0.219 e. The summed E-state index contributed by atoms with van der Waals surface area (Å²) in [7, 11) is 0. The lowest BCUT2D eigenvalue weighted by Gasteiger charge is -2.34. The Morgan fingerprint density at radius 2 is 1.93 bits per heavy atom. The summed E-state index contributed by atoms with van der Waals surface area (Å²) in [6, 6.07) is 0.555. The molecule has 1 unspecified atom stereocenters. The summed E-state index contributed by atoms with van der Waals surface area (Å²) in [5.74, 6) is 0.863. The molecule has 2 nitrogen and oxygen atoms in total. The molecule has 1 aliphatic carbocycles. The lowest BCUT2D eigenvalue weighted by molar-refractivity contribution is -0.130. The fraction of sp³-hybridized carbons (Fsp3) is 0.923. The lowest BCUT2D eigenvalue weighted by atomic mass is 9.79. The Balaban J connectivity index is 2.59. The van der Waals surface area contributed by atoms with E-state index < -0.39 is 0 Å². The maximum atomic E-state index is 11.5. The molecule has 0 N–H and O–H groups in total. The zero-order valence-corrected chi connectivity index (χ0v) is 10.8. The van der Waals surface area contributed by atoms with E-state index in [1.54, 1.807) is 6.92 Å². The largest absolute Gasteiger partial charge is 0.340 e. The van der Waals surface area contributed by atoms with Crippen LogP contribution in [0.1, 0.15) is 53.9 Å². The van der Waals surface area contributed by atoms with E-state index in [9.17, 15) is 4.79 Å². The number of rotatable bonds is 4. The molecule has 1 amide bonds. The summed E-state index contributed by atoms with van der Waals surface area (Å²) in [5.41, 5.74) is 0.303. The highest BCUT2D eigenvalue weighted by Crippen LogP contribution is 2.33. The van der Waals surface area contributed by atoms with E-state index >= 15 is 0 Å². The molecule has 0 saturated heterocycles. The number of hydrogen-bond donors (Lipinski definition) is 0. The first-order valence-electron chi connectivity index (χ1n) is 6.13. The summed E-state index contributed by atoms with van der Waals surface area (Å²) in [6.07, 6.45) is 3.57. The fourth-order valence-electron chi connectivity index (χ4n) is 2.17. The minimum Gasteiger partial charge on any atom is -0.340 e. The van der Waals surface area contributed by atoms with E-state index in [0.717, 1.165) is 13.0 Å². The van der Waals surface area contributed by atoms with Crippen molar-refractivity contribution in [2.75, 3.05) is 6.54 Å². The van der Waals surface area contributed by atoms with E-state index in [-0.39, 0.29) is 5.91 Å². The predicted molar refractivity (Wildman–Crippen MR) is 63.6 cm³/mol. The zero-order chi connectivity index (χ0) is 11.6. The molecular weight excluding hydrogens is 186 g/mol. The monoisotopic (exact) mass is 211 g/mol. The predicted octanol–water partition coefficient (Wildman–Crippen LogP) is 3.07. The molecule has 1 rings (SSSR count). The molecule has 1 aliphatic rings. The molecule has 0 aliphatic heterocycles. The van der Waals surface area contributed by atoms with Gasteiger partial charge in [0, 0.05) is 19.5 Å². The van der Waals surface area contributed by atoms with Crippen LogP contribution in [0.2, 0.25) is 0 Å². The van der Waals surface area contributed by atoms with Crippen LogP contribution in [0.25, 0.3) is 0 Å². The molecule has 2 heteroatoms. The summed E-state index contributed by atoms with van der Waals surface area (Å²) in [4.78, 5) is 13.6. The number of carbonyl (C=O) groups is 1. The van der Waals surface area contributed by atoms with Crippen LogP contribution in [0, 0.1) is 11.3 Å².